The molecular weight excluding hydrogens is 323 g/mol. The molecule has 4 nitrogen and oxygen atoms in total. The predicted molar refractivity (Wildman–Crippen MR) is 82.1 cm³/mol. The minimum absolute atomic E-state index is 0.275. The molecule has 2 aromatic rings. The second kappa shape index (κ2) is 5.00. The van der Waals surface area contributed by atoms with Crippen LogP contribution >= 0.6 is 15.9 Å². The van der Waals surface area contributed by atoms with E-state index in [0.717, 1.165) is 30.5 Å². The summed E-state index contributed by atoms with van der Waals surface area (Å²) < 4.78 is 16.3. The maximum absolute atomic E-state index is 13.8. The van der Waals surface area contributed by atoms with Crippen molar-refractivity contribution in [1.29, 1.82) is 0 Å². The molecular formula is C14H18BrFN4. The van der Waals surface area contributed by atoms with Crippen LogP contribution in [0.4, 0.5) is 10.3 Å². The molecule has 1 aromatic carbocycles. The Bertz CT molecular complexity index is 654. The highest BCUT2D eigenvalue weighted by Crippen LogP contribution is 2.34. The molecule has 1 fully saturated rings. The zero-order chi connectivity index (χ0) is 14.4. The van der Waals surface area contributed by atoms with Crippen LogP contribution in [-0.4, -0.2) is 34.6 Å². The first-order chi connectivity index (χ1) is 9.47. The lowest BCUT2D eigenvalue weighted by atomic mass is 9.94. The molecule has 0 saturated carbocycles. The summed E-state index contributed by atoms with van der Waals surface area (Å²) in [6.07, 6.45) is 1.00. The van der Waals surface area contributed by atoms with Crippen LogP contribution in [-0.2, 0) is 0 Å². The van der Waals surface area contributed by atoms with Gasteiger partial charge in [0.25, 0.3) is 0 Å². The average molecular weight is 341 g/mol. The summed E-state index contributed by atoms with van der Waals surface area (Å²) in [6, 6.07) is 3.49. The van der Waals surface area contributed by atoms with Crippen molar-refractivity contribution < 1.29 is 4.39 Å². The van der Waals surface area contributed by atoms with E-state index in [-0.39, 0.29) is 11.9 Å². The second-order valence-electron chi connectivity index (χ2n) is 5.69. The number of benzene rings is 1. The van der Waals surface area contributed by atoms with Gasteiger partial charge in [0.1, 0.15) is 5.82 Å². The van der Waals surface area contributed by atoms with Gasteiger partial charge >= 0.3 is 0 Å². The number of nitrogens with zero attached hydrogens (tertiary/aromatic N) is 3. The molecule has 0 amide bonds. The minimum Gasteiger partial charge on any atom is -0.369 e. The SMILES string of the molecule is CC1CN(C)CCC1n1c(N)nc2cc(Br)c(F)cc21. The largest absolute Gasteiger partial charge is 0.369 e. The molecule has 108 valence electrons. The maximum atomic E-state index is 13.8. The fourth-order valence-electron chi connectivity index (χ4n) is 3.18. The molecule has 0 radical (unpaired) electrons. The highest BCUT2D eigenvalue weighted by molar-refractivity contribution is 9.10. The summed E-state index contributed by atoms with van der Waals surface area (Å²) in [5.41, 5.74) is 7.60. The first kappa shape index (κ1) is 13.8. The standard InChI is InChI=1S/C14H18BrFN4/c1-8-7-19(2)4-3-12(8)20-13-6-10(16)9(15)5-11(13)18-14(20)17/h5-6,8,12H,3-4,7H2,1-2H3,(H2,17,18). The Morgan fingerprint density at radius 2 is 2.20 bits per heavy atom. The third-order valence-electron chi connectivity index (χ3n) is 4.15. The van der Waals surface area contributed by atoms with Gasteiger partial charge in [0.2, 0.25) is 5.95 Å². The molecule has 1 aromatic heterocycles. The Morgan fingerprint density at radius 3 is 2.90 bits per heavy atom. The van der Waals surface area contributed by atoms with E-state index in [9.17, 15) is 4.39 Å². The quantitative estimate of drug-likeness (QED) is 0.867. The summed E-state index contributed by atoms with van der Waals surface area (Å²) in [4.78, 5) is 6.69. The molecule has 2 heterocycles. The smallest absolute Gasteiger partial charge is 0.201 e. The molecule has 0 spiro atoms. The lowest BCUT2D eigenvalue weighted by Gasteiger charge is -2.36. The van der Waals surface area contributed by atoms with Crippen molar-refractivity contribution in [2.24, 2.45) is 5.92 Å². The van der Waals surface area contributed by atoms with Crippen LogP contribution in [0.1, 0.15) is 19.4 Å². The molecule has 1 aliphatic heterocycles. The van der Waals surface area contributed by atoms with Crippen molar-refractivity contribution in [3.05, 3.63) is 22.4 Å². The van der Waals surface area contributed by atoms with E-state index >= 15 is 0 Å². The first-order valence-corrected chi connectivity index (χ1v) is 7.57. The van der Waals surface area contributed by atoms with Crippen molar-refractivity contribution in [3.63, 3.8) is 0 Å². The Hall–Kier alpha value is -1.14. The lowest BCUT2D eigenvalue weighted by Crippen LogP contribution is -2.38. The molecule has 2 N–H and O–H groups in total. The van der Waals surface area contributed by atoms with Crippen molar-refractivity contribution in [2.45, 2.75) is 19.4 Å². The average Bonchev–Trinajstić information content (AvgIpc) is 2.66. The van der Waals surface area contributed by atoms with Gasteiger partial charge in [-0.1, -0.05) is 6.92 Å². The van der Waals surface area contributed by atoms with Crippen molar-refractivity contribution in [1.82, 2.24) is 14.5 Å². The van der Waals surface area contributed by atoms with Crippen LogP contribution in [0.2, 0.25) is 0 Å². The van der Waals surface area contributed by atoms with Crippen molar-refractivity contribution >= 4 is 32.9 Å². The van der Waals surface area contributed by atoms with Gasteiger partial charge in [-0.2, -0.15) is 0 Å². The fraction of sp³-hybridized carbons (Fsp3) is 0.500. The van der Waals surface area contributed by atoms with Crippen LogP contribution in [0.5, 0.6) is 0 Å². The predicted octanol–water partition coefficient (Wildman–Crippen LogP) is 3.03. The number of hydrogen-bond acceptors (Lipinski definition) is 3. The van der Waals surface area contributed by atoms with Crippen molar-refractivity contribution in [2.75, 3.05) is 25.9 Å². The Balaban J connectivity index is 2.11. The summed E-state index contributed by atoms with van der Waals surface area (Å²) in [5.74, 6) is 0.651. The van der Waals surface area contributed by atoms with E-state index in [4.69, 9.17) is 5.73 Å². The molecule has 2 atom stereocenters. The number of fused-ring (bicyclic) bond motifs is 1. The van der Waals surface area contributed by atoms with Crippen LogP contribution in [0.15, 0.2) is 16.6 Å². The molecule has 0 aliphatic carbocycles. The van der Waals surface area contributed by atoms with Gasteiger partial charge < -0.3 is 15.2 Å². The molecule has 6 heteroatoms. The Morgan fingerprint density at radius 1 is 1.45 bits per heavy atom. The van der Waals surface area contributed by atoms with Gasteiger partial charge in [0.15, 0.2) is 0 Å². The molecule has 1 saturated heterocycles. The van der Waals surface area contributed by atoms with Gasteiger partial charge in [-0.3, -0.25) is 0 Å². The third-order valence-corrected chi connectivity index (χ3v) is 4.76. The van der Waals surface area contributed by atoms with E-state index in [1.54, 1.807) is 6.07 Å². The van der Waals surface area contributed by atoms with Crippen LogP contribution in [0.25, 0.3) is 11.0 Å². The molecule has 20 heavy (non-hydrogen) atoms. The fourth-order valence-corrected chi connectivity index (χ4v) is 3.51. The number of nitrogens with two attached hydrogens (primary N) is 1. The number of rotatable bonds is 1. The third kappa shape index (κ3) is 2.20. The van der Waals surface area contributed by atoms with Crippen LogP contribution < -0.4 is 5.73 Å². The van der Waals surface area contributed by atoms with E-state index < -0.39 is 0 Å². The van der Waals surface area contributed by atoms with Crippen molar-refractivity contribution in [3.8, 4) is 0 Å². The summed E-state index contributed by atoms with van der Waals surface area (Å²) in [5, 5.41) is 0. The number of imidazole rings is 1. The lowest BCUT2D eigenvalue weighted by molar-refractivity contribution is 0.162. The zero-order valence-corrected chi connectivity index (χ0v) is 13.2. The molecule has 2 unspecified atom stereocenters. The minimum atomic E-state index is -0.278. The Kier molecular flexibility index (Phi) is 3.46. The number of aromatic nitrogens is 2. The van der Waals surface area contributed by atoms with Crippen LogP contribution in [0.3, 0.4) is 0 Å². The number of nitrogen functional groups attached to an aromatic ring is 1. The topological polar surface area (TPSA) is 47.1 Å². The number of piperidine rings is 1. The first-order valence-electron chi connectivity index (χ1n) is 6.78. The zero-order valence-electron chi connectivity index (χ0n) is 11.6. The normalized spacial score (nSPS) is 24.4. The highest BCUT2D eigenvalue weighted by atomic mass is 79.9. The number of halogens is 2. The molecule has 0 bridgehead atoms. The number of anilines is 1. The summed E-state index contributed by atoms with van der Waals surface area (Å²) in [7, 11) is 2.12. The summed E-state index contributed by atoms with van der Waals surface area (Å²) >= 11 is 3.19. The monoisotopic (exact) mass is 340 g/mol. The van der Waals surface area contributed by atoms with Gasteiger partial charge in [0, 0.05) is 18.7 Å². The number of likely N-dealkylation sites (tertiary alicyclic amines) is 1. The van der Waals surface area contributed by atoms with Crippen LogP contribution in [0, 0.1) is 11.7 Å². The Labute approximate surface area is 125 Å². The van der Waals surface area contributed by atoms with E-state index in [1.807, 2.05) is 4.57 Å². The van der Waals surface area contributed by atoms with Gasteiger partial charge in [-0.15, -0.1) is 0 Å². The molecule has 3 rings (SSSR count). The van der Waals surface area contributed by atoms with Gasteiger partial charge in [-0.25, -0.2) is 9.37 Å². The van der Waals surface area contributed by atoms with E-state index in [2.05, 4.69) is 39.8 Å². The van der Waals surface area contributed by atoms with E-state index in [1.165, 1.54) is 6.07 Å². The number of hydrogen-bond donors (Lipinski definition) is 1. The summed E-state index contributed by atoms with van der Waals surface area (Å²) in [6.45, 7) is 4.25. The second-order valence-corrected chi connectivity index (χ2v) is 6.54. The maximum Gasteiger partial charge on any atom is 0.201 e. The van der Waals surface area contributed by atoms with Gasteiger partial charge in [-0.05, 0) is 47.9 Å². The van der Waals surface area contributed by atoms with Gasteiger partial charge in [0.05, 0.1) is 15.5 Å². The molecule has 1 aliphatic rings. The van der Waals surface area contributed by atoms with E-state index in [0.29, 0.717) is 16.3 Å². The highest BCUT2D eigenvalue weighted by Gasteiger charge is 2.28.